The maximum Gasteiger partial charge on any atom is 0.338 e. The molecule has 1 N–H and O–H groups in total. The van der Waals surface area contributed by atoms with Crippen LogP contribution in [0.5, 0.6) is 17.2 Å². The number of carbonyl (C=O) groups is 3. The zero-order valence-corrected chi connectivity index (χ0v) is 36.8. The van der Waals surface area contributed by atoms with Gasteiger partial charge in [-0.05, 0) is 138 Å². The molecule has 0 heterocycles. The van der Waals surface area contributed by atoms with Gasteiger partial charge >= 0.3 is 17.9 Å². The maximum atomic E-state index is 12.9. The molecule has 326 valence electrons. The lowest BCUT2D eigenvalue weighted by molar-refractivity contribution is -0.140. The first-order valence-corrected chi connectivity index (χ1v) is 21.0. The Morgan fingerprint density at radius 2 is 1.11 bits per heavy atom. The topological polar surface area (TPSA) is 118 Å². The lowest BCUT2D eigenvalue weighted by Gasteiger charge is -2.21. The van der Waals surface area contributed by atoms with Crippen molar-refractivity contribution in [2.24, 2.45) is 5.92 Å². The fraction of sp³-hybridized carbons (Fsp3) is 0.241. The molecular weight excluding hydrogens is 793 g/mol. The third-order valence-corrected chi connectivity index (χ3v) is 10.2. The van der Waals surface area contributed by atoms with Gasteiger partial charge in [-0.3, -0.25) is 0 Å². The predicted molar refractivity (Wildman–Crippen MR) is 249 cm³/mol. The molecule has 0 spiro atoms. The van der Waals surface area contributed by atoms with E-state index in [1.165, 1.54) is 6.08 Å². The molecule has 0 aromatic heterocycles. The minimum atomic E-state index is -1.09. The highest BCUT2D eigenvalue weighted by molar-refractivity contribution is 5.90. The quantitative estimate of drug-likeness (QED) is 0.0253. The summed E-state index contributed by atoms with van der Waals surface area (Å²) in [6, 6.07) is 35.4. The lowest BCUT2D eigenvalue weighted by atomic mass is 9.98. The SMILES string of the molecule is C=C(C)C(=O)OCCC(COc1ccc(-c2ccc(-c3ccc(/C=C/C(=O)Oc4ccc(-c5ccc(OC(=O)C(=C)C)cc5)cc4CC)cc3)cc2)cc1CC)COC(O)C(=C)C. The van der Waals surface area contributed by atoms with Gasteiger partial charge in [-0.15, -0.1) is 0 Å². The molecular formula is C54H56O9. The largest absolute Gasteiger partial charge is 0.493 e. The number of aryl methyl sites for hydroxylation is 2. The molecule has 0 amide bonds. The molecule has 5 aromatic carbocycles. The predicted octanol–water partition coefficient (Wildman–Crippen LogP) is 11.3. The zero-order chi connectivity index (χ0) is 45.5. The van der Waals surface area contributed by atoms with Gasteiger partial charge in [-0.2, -0.15) is 0 Å². The van der Waals surface area contributed by atoms with Crippen molar-refractivity contribution in [2.45, 2.75) is 60.2 Å². The van der Waals surface area contributed by atoms with Crippen molar-refractivity contribution >= 4 is 24.0 Å². The molecule has 63 heavy (non-hydrogen) atoms. The van der Waals surface area contributed by atoms with Crippen LogP contribution >= 0.6 is 0 Å². The lowest BCUT2D eigenvalue weighted by Crippen LogP contribution is -2.25. The first-order chi connectivity index (χ1) is 30.2. The molecule has 0 saturated heterocycles. The molecule has 5 aromatic rings. The van der Waals surface area contributed by atoms with Gasteiger partial charge in [0, 0.05) is 23.1 Å². The molecule has 9 nitrogen and oxygen atoms in total. The van der Waals surface area contributed by atoms with E-state index >= 15 is 0 Å². The van der Waals surface area contributed by atoms with Crippen molar-refractivity contribution < 1.29 is 43.2 Å². The Hall–Kier alpha value is -6.81. The summed E-state index contributed by atoms with van der Waals surface area (Å²) < 4.78 is 28.2. The van der Waals surface area contributed by atoms with E-state index in [4.69, 9.17) is 23.7 Å². The molecule has 9 heteroatoms. The van der Waals surface area contributed by atoms with E-state index < -0.39 is 24.2 Å². The summed E-state index contributed by atoms with van der Waals surface area (Å²) in [6.45, 7) is 20.6. The summed E-state index contributed by atoms with van der Waals surface area (Å²) in [5.74, 6) is 0.155. The van der Waals surface area contributed by atoms with Crippen LogP contribution in [0.25, 0.3) is 39.5 Å². The Morgan fingerprint density at radius 1 is 0.619 bits per heavy atom. The van der Waals surface area contributed by atoms with Gasteiger partial charge in [0.1, 0.15) is 17.2 Å². The minimum Gasteiger partial charge on any atom is -0.493 e. The third-order valence-electron chi connectivity index (χ3n) is 10.2. The number of benzene rings is 5. The minimum absolute atomic E-state index is 0.152. The summed E-state index contributed by atoms with van der Waals surface area (Å²) in [4.78, 5) is 36.6. The molecule has 0 aliphatic carbocycles. The molecule has 0 fully saturated rings. The number of hydrogen-bond acceptors (Lipinski definition) is 9. The van der Waals surface area contributed by atoms with E-state index in [1.54, 1.807) is 45.0 Å². The number of rotatable bonds is 21. The van der Waals surface area contributed by atoms with Crippen LogP contribution in [0.3, 0.4) is 0 Å². The second kappa shape index (κ2) is 22.9. The smallest absolute Gasteiger partial charge is 0.338 e. The number of esters is 3. The Labute approximate surface area is 371 Å². The van der Waals surface area contributed by atoms with Crippen molar-refractivity contribution in [3.8, 4) is 50.6 Å². The Kier molecular flexibility index (Phi) is 17.1. The van der Waals surface area contributed by atoms with Gasteiger partial charge in [0.15, 0.2) is 6.29 Å². The molecule has 0 aliphatic heterocycles. The highest BCUT2D eigenvalue weighted by Gasteiger charge is 2.17. The van der Waals surface area contributed by atoms with E-state index in [9.17, 15) is 19.5 Å². The van der Waals surface area contributed by atoms with E-state index in [0.717, 1.165) is 62.2 Å². The summed E-state index contributed by atoms with van der Waals surface area (Å²) in [5, 5.41) is 10.1. The van der Waals surface area contributed by atoms with Gasteiger partial charge in [-0.25, -0.2) is 14.4 Å². The van der Waals surface area contributed by atoms with E-state index in [-0.39, 0.29) is 19.1 Å². The monoisotopic (exact) mass is 848 g/mol. The third kappa shape index (κ3) is 13.8. The number of hydrogen-bond donors (Lipinski definition) is 1. The Bertz CT molecular complexity index is 2440. The van der Waals surface area contributed by atoms with Crippen LogP contribution in [0.1, 0.15) is 57.7 Å². The fourth-order valence-electron chi connectivity index (χ4n) is 6.40. The van der Waals surface area contributed by atoms with Crippen LogP contribution in [-0.4, -0.2) is 49.1 Å². The molecule has 0 saturated carbocycles. The molecule has 5 rings (SSSR count). The van der Waals surface area contributed by atoms with Gasteiger partial charge in [0.25, 0.3) is 0 Å². The fourth-order valence-corrected chi connectivity index (χ4v) is 6.40. The van der Waals surface area contributed by atoms with Crippen molar-refractivity contribution in [1.29, 1.82) is 0 Å². The number of ether oxygens (including phenoxy) is 5. The first-order valence-electron chi connectivity index (χ1n) is 21.0. The second-order valence-corrected chi connectivity index (χ2v) is 15.4. The number of aliphatic hydroxyl groups excluding tert-OH is 1. The van der Waals surface area contributed by atoms with E-state index in [0.29, 0.717) is 47.7 Å². The van der Waals surface area contributed by atoms with Crippen LogP contribution < -0.4 is 14.2 Å². The van der Waals surface area contributed by atoms with Crippen LogP contribution in [0.4, 0.5) is 0 Å². The van der Waals surface area contributed by atoms with Gasteiger partial charge in [0.2, 0.25) is 0 Å². The molecule has 0 radical (unpaired) electrons. The number of aliphatic hydroxyl groups is 1. The first kappa shape index (κ1) is 47.2. The maximum absolute atomic E-state index is 12.9. The van der Waals surface area contributed by atoms with Crippen LogP contribution in [0.15, 0.2) is 152 Å². The Morgan fingerprint density at radius 3 is 1.65 bits per heavy atom. The molecule has 0 bridgehead atoms. The molecule has 2 atom stereocenters. The van der Waals surface area contributed by atoms with Gasteiger partial charge < -0.3 is 28.8 Å². The van der Waals surface area contributed by atoms with E-state index in [1.807, 2.05) is 67.6 Å². The Balaban J connectivity index is 1.17. The molecule has 2 unspecified atom stereocenters. The van der Waals surface area contributed by atoms with Crippen molar-refractivity contribution in [3.63, 3.8) is 0 Å². The average molecular weight is 849 g/mol. The standard InChI is InChI=1S/C54H56O9/c1-9-40-31-46(22-26-49(40)60-33-39(34-61-53(57)36(5)6)29-30-59-52(56)35(3)4)44-18-16-43(17-19-44)42-14-11-38(12-15-42)13-28-51(55)63-50-27-23-47(32-41(50)10-2)45-20-24-48(25-21-45)62-54(58)37(7)8/h11-28,31-32,39,53,57H,3,5,7,9-10,29-30,33-34H2,1-2,4,6,8H3/b28-13+. The van der Waals surface area contributed by atoms with E-state index in [2.05, 4.69) is 57.0 Å². The van der Waals surface area contributed by atoms with Crippen molar-refractivity contribution in [1.82, 2.24) is 0 Å². The van der Waals surface area contributed by atoms with Gasteiger partial charge in [0.05, 0.1) is 19.8 Å². The summed E-state index contributed by atoms with van der Waals surface area (Å²) in [7, 11) is 0. The summed E-state index contributed by atoms with van der Waals surface area (Å²) >= 11 is 0. The normalized spacial score (nSPS) is 12.0. The van der Waals surface area contributed by atoms with Gasteiger partial charge in [-0.1, -0.05) is 106 Å². The van der Waals surface area contributed by atoms with Crippen molar-refractivity contribution in [3.05, 3.63) is 168 Å². The summed E-state index contributed by atoms with van der Waals surface area (Å²) in [6.07, 6.45) is 3.98. The number of carbonyl (C=O) groups excluding carboxylic acids is 3. The highest BCUT2D eigenvalue weighted by atomic mass is 16.6. The zero-order valence-electron chi connectivity index (χ0n) is 36.8. The summed E-state index contributed by atoms with van der Waals surface area (Å²) in [5.41, 5.74) is 10.1. The molecule has 0 aliphatic rings. The van der Waals surface area contributed by atoms with Crippen LogP contribution in [0.2, 0.25) is 0 Å². The second-order valence-electron chi connectivity index (χ2n) is 15.4. The highest BCUT2D eigenvalue weighted by Crippen LogP contribution is 2.31. The average Bonchev–Trinajstić information content (AvgIpc) is 3.29. The van der Waals surface area contributed by atoms with Crippen LogP contribution in [0, 0.1) is 5.92 Å². The van der Waals surface area contributed by atoms with Crippen LogP contribution in [-0.2, 0) is 36.7 Å². The van der Waals surface area contributed by atoms with Crippen molar-refractivity contribution in [2.75, 3.05) is 19.8 Å².